The number of hydrogen-bond acceptors (Lipinski definition) is 9. The number of nitrogens with zero attached hydrogens (tertiary/aromatic N) is 1. The quantitative estimate of drug-likeness (QED) is 0.310. The number of amides is 1. The summed E-state index contributed by atoms with van der Waals surface area (Å²) < 4.78 is 32.0. The van der Waals surface area contributed by atoms with Crippen LogP contribution in [0.2, 0.25) is 0 Å². The number of hydrogen-bond donors (Lipinski definition) is 4. The number of fused-ring (bicyclic) bond motifs is 2. The average Bonchev–Trinajstić information content (AvgIpc) is 3.33. The summed E-state index contributed by atoms with van der Waals surface area (Å²) in [6, 6.07) is 5.44. The zero-order chi connectivity index (χ0) is 23.4. The van der Waals surface area contributed by atoms with Crippen LogP contribution in [0.25, 0.3) is 20.8 Å². The van der Waals surface area contributed by atoms with E-state index in [0.717, 1.165) is 46.0 Å². The maximum atomic E-state index is 12.6. The lowest BCUT2D eigenvalue weighted by Crippen LogP contribution is -2.24. The number of benzene rings is 1. The van der Waals surface area contributed by atoms with Gasteiger partial charge in [0.25, 0.3) is 0 Å². The van der Waals surface area contributed by atoms with Crippen LogP contribution in [0.3, 0.4) is 0 Å². The minimum absolute atomic E-state index is 0.0618. The first-order valence-electron chi connectivity index (χ1n) is 10.6. The van der Waals surface area contributed by atoms with Crippen molar-refractivity contribution in [2.24, 2.45) is 0 Å². The Balaban J connectivity index is 1.64. The molecule has 0 saturated carbocycles. The molecule has 4 rings (SSSR count). The van der Waals surface area contributed by atoms with Crippen LogP contribution in [0.5, 0.6) is 0 Å². The van der Waals surface area contributed by atoms with Crippen LogP contribution in [0, 0.1) is 0 Å². The van der Waals surface area contributed by atoms with Gasteiger partial charge in [-0.15, -0.1) is 22.7 Å². The maximum absolute atomic E-state index is 12.6. The molecule has 3 heterocycles. The fourth-order valence-corrected chi connectivity index (χ4v) is 6.61. The van der Waals surface area contributed by atoms with Gasteiger partial charge < -0.3 is 20.7 Å². The molecule has 1 amide bonds. The summed E-state index contributed by atoms with van der Waals surface area (Å²) in [7, 11) is -1.78. The molecule has 0 aliphatic carbocycles. The number of methoxy groups -OCH3 is 1. The molecule has 33 heavy (non-hydrogen) atoms. The van der Waals surface area contributed by atoms with Gasteiger partial charge in [0.05, 0.1) is 23.2 Å². The lowest BCUT2D eigenvalue weighted by atomic mass is 10.0. The van der Waals surface area contributed by atoms with Crippen LogP contribution >= 0.6 is 22.7 Å². The summed E-state index contributed by atoms with van der Waals surface area (Å²) in [4.78, 5) is 18.6. The number of rotatable bonds is 10. The monoisotopic (exact) mass is 509 g/mol. The first kappa shape index (κ1) is 24.0. The molecule has 0 atom stereocenters. The van der Waals surface area contributed by atoms with E-state index in [4.69, 9.17) is 9.72 Å². The van der Waals surface area contributed by atoms with E-state index < -0.39 is 10.0 Å². The van der Waals surface area contributed by atoms with Gasteiger partial charge in [-0.1, -0.05) is 6.07 Å². The first-order chi connectivity index (χ1) is 15.9. The molecule has 3 aromatic rings. The highest BCUT2D eigenvalue weighted by molar-refractivity contribution is 7.92. The zero-order valence-electron chi connectivity index (χ0n) is 18.5. The van der Waals surface area contributed by atoms with Gasteiger partial charge >= 0.3 is 0 Å². The third-order valence-corrected chi connectivity index (χ3v) is 7.90. The Hall–Kier alpha value is -2.09. The Kier molecular flexibility index (Phi) is 7.62. The van der Waals surface area contributed by atoms with E-state index in [9.17, 15) is 13.2 Å². The van der Waals surface area contributed by atoms with Gasteiger partial charge in [0, 0.05) is 43.6 Å². The number of anilines is 2. The van der Waals surface area contributed by atoms with Crippen LogP contribution < -0.4 is 20.7 Å². The molecule has 12 heteroatoms. The predicted molar refractivity (Wildman–Crippen MR) is 135 cm³/mol. The van der Waals surface area contributed by atoms with Crippen molar-refractivity contribution in [2.45, 2.75) is 19.4 Å². The fourth-order valence-electron chi connectivity index (χ4n) is 3.68. The molecule has 4 N–H and O–H groups in total. The lowest BCUT2D eigenvalue weighted by molar-refractivity contribution is -0.116. The van der Waals surface area contributed by atoms with Crippen molar-refractivity contribution in [3.05, 3.63) is 28.6 Å². The molecule has 178 valence electrons. The summed E-state index contributed by atoms with van der Waals surface area (Å²) in [6.45, 7) is 3.49. The van der Waals surface area contributed by atoms with Gasteiger partial charge in [-0.25, -0.2) is 13.4 Å². The number of carbonyl (C=O) groups excluding carboxylic acids is 1. The van der Waals surface area contributed by atoms with Gasteiger partial charge in [0.15, 0.2) is 0 Å². The number of thiazole rings is 1. The number of ether oxygens (including phenoxy) is 1. The average molecular weight is 510 g/mol. The molecule has 2 aromatic heterocycles. The molecule has 1 aliphatic rings. The second-order valence-corrected chi connectivity index (χ2v) is 11.6. The minimum atomic E-state index is -3.43. The number of aromatic nitrogens is 1. The SMILES string of the molecule is COCCNCCC(=O)Nc1sc2c(c1-c1nc3c(NS(C)(=O)=O)cccc3s1)CCNC2. The van der Waals surface area contributed by atoms with Crippen molar-refractivity contribution >= 4 is 59.5 Å². The molecular weight excluding hydrogens is 482 g/mol. The smallest absolute Gasteiger partial charge is 0.229 e. The van der Waals surface area contributed by atoms with E-state index in [-0.39, 0.29) is 5.91 Å². The maximum Gasteiger partial charge on any atom is 0.229 e. The molecule has 0 bridgehead atoms. The standard InChI is InChI=1S/C21H27N5O4S3/c1-30-11-10-22-9-7-17(27)24-20-18(13-6-8-23-12-16(13)32-20)21-25-19-14(26-33(2,28)29)4-3-5-15(19)31-21/h3-5,22-23,26H,6-12H2,1-2H3,(H,24,27). The van der Waals surface area contributed by atoms with Crippen molar-refractivity contribution in [3.8, 4) is 10.6 Å². The Labute approximate surface area is 201 Å². The summed E-state index contributed by atoms with van der Waals surface area (Å²) in [5.74, 6) is -0.0618. The molecule has 1 aliphatic heterocycles. The van der Waals surface area contributed by atoms with E-state index in [0.29, 0.717) is 37.3 Å². The third kappa shape index (κ3) is 5.89. The van der Waals surface area contributed by atoms with Crippen LogP contribution in [-0.4, -0.2) is 58.9 Å². The lowest BCUT2D eigenvalue weighted by Gasteiger charge is -2.13. The van der Waals surface area contributed by atoms with Crippen LogP contribution in [-0.2, 0) is 32.5 Å². The van der Waals surface area contributed by atoms with Crippen molar-refractivity contribution in [1.29, 1.82) is 0 Å². The van der Waals surface area contributed by atoms with Crippen molar-refractivity contribution < 1.29 is 17.9 Å². The van der Waals surface area contributed by atoms with Gasteiger partial charge in [-0.05, 0) is 30.7 Å². The van der Waals surface area contributed by atoms with E-state index in [1.807, 2.05) is 12.1 Å². The number of sulfonamides is 1. The minimum Gasteiger partial charge on any atom is -0.383 e. The highest BCUT2D eigenvalue weighted by Gasteiger charge is 2.25. The first-order valence-corrected chi connectivity index (χ1v) is 14.1. The molecule has 1 aromatic carbocycles. The van der Waals surface area contributed by atoms with Crippen LogP contribution in [0.4, 0.5) is 10.7 Å². The molecule has 0 spiro atoms. The summed E-state index contributed by atoms with van der Waals surface area (Å²) in [5.41, 5.74) is 3.21. The highest BCUT2D eigenvalue weighted by atomic mass is 32.2. The van der Waals surface area contributed by atoms with E-state index in [1.165, 1.54) is 21.8 Å². The highest BCUT2D eigenvalue weighted by Crippen LogP contribution is 2.45. The van der Waals surface area contributed by atoms with Gasteiger partial charge in [-0.3, -0.25) is 9.52 Å². The Morgan fingerprint density at radius 3 is 2.91 bits per heavy atom. The van der Waals surface area contributed by atoms with Gasteiger partial charge in [0.1, 0.15) is 15.5 Å². The molecule has 0 fully saturated rings. The van der Waals surface area contributed by atoms with E-state index in [1.54, 1.807) is 24.5 Å². The van der Waals surface area contributed by atoms with Crippen molar-refractivity contribution in [1.82, 2.24) is 15.6 Å². The Bertz CT molecular complexity index is 1250. The molecule has 0 radical (unpaired) electrons. The molecule has 9 nitrogen and oxygen atoms in total. The third-order valence-electron chi connectivity index (χ3n) is 5.12. The normalized spacial score (nSPS) is 13.8. The fraction of sp³-hybridized carbons (Fsp3) is 0.429. The largest absolute Gasteiger partial charge is 0.383 e. The summed E-state index contributed by atoms with van der Waals surface area (Å²) in [6.07, 6.45) is 2.32. The summed E-state index contributed by atoms with van der Waals surface area (Å²) in [5, 5.41) is 11.2. The van der Waals surface area contributed by atoms with Crippen LogP contribution in [0.15, 0.2) is 18.2 Å². The van der Waals surface area contributed by atoms with Gasteiger partial charge in [-0.2, -0.15) is 0 Å². The number of para-hydroxylation sites is 1. The number of thiophene rings is 1. The summed E-state index contributed by atoms with van der Waals surface area (Å²) >= 11 is 3.08. The van der Waals surface area contributed by atoms with E-state index >= 15 is 0 Å². The predicted octanol–water partition coefficient (Wildman–Crippen LogP) is 2.61. The Morgan fingerprint density at radius 1 is 1.27 bits per heavy atom. The Morgan fingerprint density at radius 2 is 2.12 bits per heavy atom. The molecular formula is C21H27N5O4S3. The van der Waals surface area contributed by atoms with E-state index in [2.05, 4.69) is 20.7 Å². The van der Waals surface area contributed by atoms with Crippen molar-refractivity contribution in [2.75, 3.05) is 49.6 Å². The molecule has 0 unspecified atom stereocenters. The molecule has 0 saturated heterocycles. The second-order valence-electron chi connectivity index (χ2n) is 7.72. The second kappa shape index (κ2) is 10.5. The number of carbonyl (C=O) groups is 1. The zero-order valence-corrected chi connectivity index (χ0v) is 20.9. The van der Waals surface area contributed by atoms with Crippen molar-refractivity contribution in [3.63, 3.8) is 0 Å². The number of nitrogens with one attached hydrogen (secondary N) is 4. The van der Waals surface area contributed by atoms with Crippen LogP contribution in [0.1, 0.15) is 16.9 Å². The topological polar surface area (TPSA) is 121 Å². The van der Waals surface area contributed by atoms with Gasteiger partial charge in [0.2, 0.25) is 15.9 Å².